The zero-order valence-electron chi connectivity index (χ0n) is 17.2. The van der Waals surface area contributed by atoms with Crippen molar-refractivity contribution in [1.82, 2.24) is 15.6 Å². The highest BCUT2D eigenvalue weighted by molar-refractivity contribution is 14.0. The van der Waals surface area contributed by atoms with E-state index in [0.717, 1.165) is 30.0 Å². The highest BCUT2D eigenvalue weighted by atomic mass is 127. The average molecular weight is 531 g/mol. The van der Waals surface area contributed by atoms with Crippen molar-refractivity contribution in [3.63, 3.8) is 0 Å². The fourth-order valence-corrected chi connectivity index (χ4v) is 3.30. The molecule has 0 radical (unpaired) electrons. The van der Waals surface area contributed by atoms with Crippen LogP contribution in [0.4, 0.5) is 14.6 Å². The number of hydrogen-bond donors (Lipinski definition) is 2. The van der Waals surface area contributed by atoms with Crippen molar-refractivity contribution in [2.75, 3.05) is 25.0 Å². The monoisotopic (exact) mass is 531 g/mol. The molecule has 1 aromatic heterocycles. The molecule has 1 fully saturated rings. The van der Waals surface area contributed by atoms with E-state index in [0.29, 0.717) is 24.6 Å². The van der Waals surface area contributed by atoms with Gasteiger partial charge in [-0.2, -0.15) is 8.78 Å². The first kappa shape index (κ1) is 24.1. The standard InChI is InChI=1S/C21H27F2N5O.HI/c1-15-5-7-18(29-20(22)23)17(11-15)14-27-21(24-2)26-13-16-6-8-19(25-12-16)28-9-3-4-10-28;/h5-8,11-12,20H,3-4,9-10,13-14H2,1-2H3,(H2,24,26,27);1H. The topological polar surface area (TPSA) is 61.8 Å². The highest BCUT2D eigenvalue weighted by Gasteiger charge is 2.13. The molecule has 1 aromatic carbocycles. The second-order valence-electron chi connectivity index (χ2n) is 6.99. The summed E-state index contributed by atoms with van der Waals surface area (Å²) in [5.74, 6) is 1.74. The van der Waals surface area contributed by atoms with Crippen LogP contribution in [0, 0.1) is 6.92 Å². The number of alkyl halides is 2. The van der Waals surface area contributed by atoms with E-state index in [-0.39, 0.29) is 29.7 Å². The molecule has 6 nitrogen and oxygen atoms in total. The third kappa shape index (κ3) is 6.96. The van der Waals surface area contributed by atoms with E-state index >= 15 is 0 Å². The van der Waals surface area contributed by atoms with Gasteiger partial charge in [-0.05, 0) is 37.5 Å². The van der Waals surface area contributed by atoms with Crippen molar-refractivity contribution < 1.29 is 13.5 Å². The number of aromatic nitrogens is 1. The third-order valence-corrected chi connectivity index (χ3v) is 4.80. The lowest BCUT2D eigenvalue weighted by molar-refractivity contribution is -0.0504. The van der Waals surface area contributed by atoms with Gasteiger partial charge in [-0.15, -0.1) is 24.0 Å². The Morgan fingerprint density at radius 3 is 2.53 bits per heavy atom. The molecule has 2 heterocycles. The number of rotatable bonds is 7. The Balaban J connectivity index is 0.00000320. The maximum Gasteiger partial charge on any atom is 0.387 e. The molecule has 1 aliphatic rings. The van der Waals surface area contributed by atoms with Gasteiger partial charge in [0.15, 0.2) is 5.96 Å². The quantitative estimate of drug-likeness (QED) is 0.321. The maximum atomic E-state index is 12.6. The minimum absolute atomic E-state index is 0. The lowest BCUT2D eigenvalue weighted by atomic mass is 10.1. The molecular weight excluding hydrogens is 503 g/mol. The number of ether oxygens (including phenoxy) is 1. The Labute approximate surface area is 193 Å². The largest absolute Gasteiger partial charge is 0.434 e. The number of nitrogens with one attached hydrogen (secondary N) is 2. The number of nitrogens with zero attached hydrogens (tertiary/aromatic N) is 3. The molecule has 0 atom stereocenters. The van der Waals surface area contributed by atoms with E-state index in [2.05, 4.69) is 36.3 Å². The van der Waals surface area contributed by atoms with E-state index < -0.39 is 6.61 Å². The van der Waals surface area contributed by atoms with Crippen LogP contribution in [-0.2, 0) is 13.1 Å². The summed E-state index contributed by atoms with van der Waals surface area (Å²) in [5.41, 5.74) is 2.65. The van der Waals surface area contributed by atoms with Crippen LogP contribution < -0.4 is 20.3 Å². The Bertz CT molecular complexity index is 827. The predicted molar refractivity (Wildman–Crippen MR) is 126 cm³/mol. The number of guanidine groups is 1. The minimum Gasteiger partial charge on any atom is -0.434 e. The van der Waals surface area contributed by atoms with Gasteiger partial charge in [0, 0.05) is 45.0 Å². The van der Waals surface area contributed by atoms with Crippen LogP contribution in [-0.4, -0.2) is 37.7 Å². The molecule has 3 rings (SSSR count). The first-order chi connectivity index (χ1) is 14.0. The van der Waals surface area contributed by atoms with Crippen LogP contribution in [0.2, 0.25) is 0 Å². The molecule has 0 aliphatic carbocycles. The summed E-state index contributed by atoms with van der Waals surface area (Å²) in [6.45, 7) is 2.05. The number of anilines is 1. The minimum atomic E-state index is -2.86. The molecule has 164 valence electrons. The van der Waals surface area contributed by atoms with Crippen molar-refractivity contribution in [3.05, 3.63) is 53.2 Å². The molecule has 0 unspecified atom stereocenters. The number of aliphatic imine (C=N–C) groups is 1. The summed E-state index contributed by atoms with van der Waals surface area (Å²) in [4.78, 5) is 11.0. The Kier molecular flexibility index (Phi) is 9.54. The molecule has 9 heteroatoms. The van der Waals surface area contributed by atoms with Crippen LogP contribution in [0.1, 0.15) is 29.5 Å². The Morgan fingerprint density at radius 1 is 1.17 bits per heavy atom. The summed E-state index contributed by atoms with van der Waals surface area (Å²) in [6.07, 6.45) is 4.30. The predicted octanol–water partition coefficient (Wildman–Crippen LogP) is 4.07. The molecule has 1 saturated heterocycles. The van der Waals surface area contributed by atoms with Gasteiger partial charge in [0.05, 0.1) is 0 Å². The van der Waals surface area contributed by atoms with Gasteiger partial charge < -0.3 is 20.3 Å². The number of aryl methyl sites for hydroxylation is 1. The highest BCUT2D eigenvalue weighted by Crippen LogP contribution is 2.22. The van der Waals surface area contributed by atoms with Crippen molar-refractivity contribution in [3.8, 4) is 5.75 Å². The van der Waals surface area contributed by atoms with Crippen molar-refractivity contribution >= 4 is 35.8 Å². The fourth-order valence-electron chi connectivity index (χ4n) is 3.30. The third-order valence-electron chi connectivity index (χ3n) is 4.80. The van der Waals surface area contributed by atoms with Gasteiger partial charge in [-0.25, -0.2) is 4.98 Å². The van der Waals surface area contributed by atoms with Crippen molar-refractivity contribution in [2.45, 2.75) is 39.5 Å². The van der Waals surface area contributed by atoms with Crippen molar-refractivity contribution in [1.29, 1.82) is 0 Å². The summed E-state index contributed by atoms with van der Waals surface area (Å²) < 4.78 is 29.8. The first-order valence-corrected chi connectivity index (χ1v) is 9.74. The molecule has 0 saturated carbocycles. The maximum absolute atomic E-state index is 12.6. The van der Waals surface area contributed by atoms with Gasteiger partial charge in [-0.1, -0.05) is 23.8 Å². The van der Waals surface area contributed by atoms with E-state index in [1.807, 2.05) is 25.3 Å². The van der Waals surface area contributed by atoms with Gasteiger partial charge in [0.2, 0.25) is 0 Å². The van der Waals surface area contributed by atoms with E-state index in [9.17, 15) is 8.78 Å². The van der Waals surface area contributed by atoms with Crippen LogP contribution in [0.15, 0.2) is 41.5 Å². The van der Waals surface area contributed by atoms with Crippen molar-refractivity contribution in [2.24, 2.45) is 4.99 Å². The van der Waals surface area contributed by atoms with Crippen LogP contribution >= 0.6 is 24.0 Å². The number of hydrogen-bond acceptors (Lipinski definition) is 4. The molecule has 2 N–H and O–H groups in total. The molecule has 0 spiro atoms. The van der Waals surface area contributed by atoms with Gasteiger partial charge in [0.1, 0.15) is 11.6 Å². The zero-order chi connectivity index (χ0) is 20.6. The number of halogens is 3. The molecular formula is C21H28F2IN5O. The van der Waals surface area contributed by atoms with E-state index in [1.54, 1.807) is 19.2 Å². The number of benzene rings is 1. The fraction of sp³-hybridized carbons (Fsp3) is 0.429. The first-order valence-electron chi connectivity index (χ1n) is 9.74. The van der Waals surface area contributed by atoms with E-state index in [1.165, 1.54) is 12.8 Å². The molecule has 0 bridgehead atoms. The van der Waals surface area contributed by atoms with Gasteiger partial charge >= 0.3 is 6.61 Å². The lowest BCUT2D eigenvalue weighted by Gasteiger charge is -2.17. The van der Waals surface area contributed by atoms with Gasteiger partial charge in [0.25, 0.3) is 0 Å². The molecule has 1 aliphatic heterocycles. The Hall–Kier alpha value is -2.17. The second-order valence-corrected chi connectivity index (χ2v) is 6.99. The summed E-state index contributed by atoms with van der Waals surface area (Å²) >= 11 is 0. The summed E-state index contributed by atoms with van der Waals surface area (Å²) in [6, 6.07) is 9.21. The molecule has 30 heavy (non-hydrogen) atoms. The molecule has 2 aromatic rings. The summed E-state index contributed by atoms with van der Waals surface area (Å²) in [5, 5.41) is 6.35. The second kappa shape index (κ2) is 11.9. The molecule has 0 amide bonds. The smallest absolute Gasteiger partial charge is 0.387 e. The average Bonchev–Trinajstić information content (AvgIpc) is 3.25. The van der Waals surface area contributed by atoms with Crippen LogP contribution in [0.3, 0.4) is 0 Å². The number of pyridine rings is 1. The normalized spacial score (nSPS) is 13.9. The van der Waals surface area contributed by atoms with Crippen LogP contribution in [0.5, 0.6) is 5.75 Å². The Morgan fingerprint density at radius 2 is 1.90 bits per heavy atom. The zero-order valence-corrected chi connectivity index (χ0v) is 19.5. The summed E-state index contributed by atoms with van der Waals surface area (Å²) in [7, 11) is 1.66. The SMILES string of the molecule is CN=C(NCc1ccc(N2CCCC2)nc1)NCc1cc(C)ccc1OC(F)F.I. The lowest BCUT2D eigenvalue weighted by Crippen LogP contribution is -2.36. The van der Waals surface area contributed by atoms with Gasteiger partial charge in [-0.3, -0.25) is 4.99 Å². The van der Waals surface area contributed by atoms with Crippen LogP contribution in [0.25, 0.3) is 0 Å². The van der Waals surface area contributed by atoms with E-state index in [4.69, 9.17) is 0 Å².